The fraction of sp³-hybridized carbons (Fsp3) is 0.200. The maximum Gasteiger partial charge on any atom is 0.274 e. The Morgan fingerprint density at radius 2 is 1.61 bits per heavy atom. The Kier molecular flexibility index (Phi) is 5.60. The molecule has 28 heavy (non-hydrogen) atoms. The molecule has 1 aliphatic heterocycles. The third kappa shape index (κ3) is 3.89. The van der Waals surface area contributed by atoms with Crippen molar-refractivity contribution in [2.75, 3.05) is 26.3 Å². The van der Waals surface area contributed by atoms with E-state index in [2.05, 4.69) is 5.10 Å². The molecule has 2 heterocycles. The Balaban J connectivity index is 1.83. The van der Waals surface area contributed by atoms with Crippen molar-refractivity contribution in [2.24, 2.45) is 0 Å². The van der Waals surface area contributed by atoms with Crippen LogP contribution < -0.4 is 0 Å². The van der Waals surface area contributed by atoms with Crippen LogP contribution in [0.1, 0.15) is 10.5 Å². The molecule has 1 saturated heterocycles. The Morgan fingerprint density at radius 3 is 2.32 bits per heavy atom. The summed E-state index contributed by atoms with van der Waals surface area (Å²) in [6.45, 7) is 2.13. The van der Waals surface area contributed by atoms with Gasteiger partial charge in [-0.05, 0) is 36.4 Å². The Bertz CT molecular complexity index is 1010. The molecule has 0 N–H and O–H groups in total. The quantitative estimate of drug-likeness (QED) is 0.582. The predicted octanol–water partition coefficient (Wildman–Crippen LogP) is 4.97. The molecule has 2 aromatic carbocycles. The molecule has 1 aromatic heterocycles. The van der Waals surface area contributed by atoms with E-state index in [1.54, 1.807) is 46.0 Å². The summed E-state index contributed by atoms with van der Waals surface area (Å²) in [4.78, 5) is 14.7. The van der Waals surface area contributed by atoms with Gasteiger partial charge in [-0.15, -0.1) is 0 Å². The van der Waals surface area contributed by atoms with Crippen LogP contribution in [-0.2, 0) is 4.74 Å². The molecule has 144 valence electrons. The van der Waals surface area contributed by atoms with Gasteiger partial charge < -0.3 is 9.64 Å². The first-order valence-corrected chi connectivity index (χ1v) is 9.85. The van der Waals surface area contributed by atoms with Crippen LogP contribution in [-0.4, -0.2) is 46.9 Å². The van der Waals surface area contributed by atoms with Crippen molar-refractivity contribution < 1.29 is 9.53 Å². The van der Waals surface area contributed by atoms with E-state index < -0.39 is 0 Å². The smallest absolute Gasteiger partial charge is 0.274 e. The van der Waals surface area contributed by atoms with Gasteiger partial charge in [-0.2, -0.15) is 5.10 Å². The summed E-state index contributed by atoms with van der Waals surface area (Å²) in [5.74, 6) is -0.143. The molecule has 0 unspecified atom stereocenters. The van der Waals surface area contributed by atoms with Gasteiger partial charge in [-0.3, -0.25) is 4.79 Å². The number of ether oxygens (including phenoxy) is 1. The first kappa shape index (κ1) is 19.3. The Hall–Kier alpha value is -2.05. The summed E-state index contributed by atoms with van der Waals surface area (Å²) in [5, 5.41) is 6.20. The van der Waals surface area contributed by atoms with E-state index in [0.717, 1.165) is 11.3 Å². The molecule has 0 saturated carbocycles. The van der Waals surface area contributed by atoms with Crippen LogP contribution in [0.2, 0.25) is 15.1 Å². The number of amides is 1. The third-order valence-electron chi connectivity index (χ3n) is 4.50. The highest BCUT2D eigenvalue weighted by Gasteiger charge is 2.24. The lowest BCUT2D eigenvalue weighted by Crippen LogP contribution is -2.40. The van der Waals surface area contributed by atoms with E-state index in [4.69, 9.17) is 39.5 Å². The van der Waals surface area contributed by atoms with Crippen LogP contribution in [0.15, 0.2) is 48.5 Å². The van der Waals surface area contributed by atoms with Crippen molar-refractivity contribution >= 4 is 40.7 Å². The number of hydrogen-bond acceptors (Lipinski definition) is 3. The fourth-order valence-electron chi connectivity index (χ4n) is 3.07. The van der Waals surface area contributed by atoms with Crippen LogP contribution in [0.4, 0.5) is 0 Å². The van der Waals surface area contributed by atoms with Gasteiger partial charge >= 0.3 is 0 Å². The van der Waals surface area contributed by atoms with E-state index in [1.165, 1.54) is 0 Å². The van der Waals surface area contributed by atoms with Crippen LogP contribution in [0.25, 0.3) is 16.9 Å². The lowest BCUT2D eigenvalue weighted by Gasteiger charge is -2.25. The molecule has 0 radical (unpaired) electrons. The number of aromatic nitrogens is 2. The number of hydrogen-bond donors (Lipinski definition) is 0. The number of rotatable bonds is 3. The molecule has 4 rings (SSSR count). The minimum Gasteiger partial charge on any atom is -0.378 e. The third-order valence-corrected chi connectivity index (χ3v) is 5.31. The van der Waals surface area contributed by atoms with E-state index in [9.17, 15) is 4.79 Å². The zero-order valence-corrected chi connectivity index (χ0v) is 17.0. The molecular weight excluding hydrogens is 421 g/mol. The molecule has 1 aliphatic rings. The van der Waals surface area contributed by atoms with E-state index in [1.807, 2.05) is 12.1 Å². The second kappa shape index (κ2) is 8.13. The Labute approximate surface area is 177 Å². The molecule has 0 aliphatic carbocycles. The second-order valence-electron chi connectivity index (χ2n) is 6.33. The summed E-state index contributed by atoms with van der Waals surface area (Å²) >= 11 is 18.6. The molecule has 5 nitrogen and oxygen atoms in total. The standard InChI is InChI=1S/C20H16Cl3N3O2/c21-14-3-1-13(2-4-14)18-12-17(20(27)25-7-9-28-10-8-25)24-26(18)19-11-15(22)5-6-16(19)23/h1-6,11-12H,7-10H2. The topological polar surface area (TPSA) is 47.4 Å². The summed E-state index contributed by atoms with van der Waals surface area (Å²) in [6, 6.07) is 14.2. The second-order valence-corrected chi connectivity index (χ2v) is 7.61. The highest BCUT2D eigenvalue weighted by molar-refractivity contribution is 6.34. The minimum atomic E-state index is -0.143. The largest absolute Gasteiger partial charge is 0.378 e. The zero-order chi connectivity index (χ0) is 19.7. The van der Waals surface area contributed by atoms with Crippen molar-refractivity contribution in [2.45, 2.75) is 0 Å². The van der Waals surface area contributed by atoms with Gasteiger partial charge in [0.1, 0.15) is 0 Å². The SMILES string of the molecule is O=C(c1cc(-c2ccc(Cl)cc2)n(-c2cc(Cl)ccc2Cl)n1)N1CCOCC1. The molecule has 0 bridgehead atoms. The highest BCUT2D eigenvalue weighted by atomic mass is 35.5. The normalized spacial score (nSPS) is 14.3. The van der Waals surface area contributed by atoms with Crippen molar-refractivity contribution in [3.63, 3.8) is 0 Å². The number of benzene rings is 2. The van der Waals surface area contributed by atoms with Gasteiger partial charge in [0.15, 0.2) is 5.69 Å². The monoisotopic (exact) mass is 435 g/mol. The van der Waals surface area contributed by atoms with Crippen LogP contribution in [0.5, 0.6) is 0 Å². The predicted molar refractivity (Wildman–Crippen MR) is 111 cm³/mol. The summed E-state index contributed by atoms with van der Waals surface area (Å²) < 4.78 is 6.97. The molecule has 8 heteroatoms. The number of morpholine rings is 1. The fourth-order valence-corrected chi connectivity index (χ4v) is 3.56. The maximum atomic E-state index is 12.9. The zero-order valence-electron chi connectivity index (χ0n) is 14.7. The average molecular weight is 437 g/mol. The van der Waals surface area contributed by atoms with Gasteiger partial charge in [0.2, 0.25) is 0 Å². The summed E-state index contributed by atoms with van der Waals surface area (Å²) in [6.07, 6.45) is 0. The average Bonchev–Trinajstić information content (AvgIpc) is 3.15. The van der Waals surface area contributed by atoms with Crippen molar-refractivity contribution in [3.8, 4) is 16.9 Å². The first-order valence-electron chi connectivity index (χ1n) is 8.71. The summed E-state index contributed by atoms with van der Waals surface area (Å²) in [7, 11) is 0. The molecule has 0 atom stereocenters. The number of carbonyl (C=O) groups is 1. The minimum absolute atomic E-state index is 0.143. The lowest BCUT2D eigenvalue weighted by molar-refractivity contribution is 0.0298. The van der Waals surface area contributed by atoms with Gasteiger partial charge in [-0.25, -0.2) is 4.68 Å². The first-order chi connectivity index (χ1) is 13.5. The number of halogens is 3. The van der Waals surface area contributed by atoms with Crippen LogP contribution >= 0.6 is 34.8 Å². The van der Waals surface area contributed by atoms with E-state index >= 15 is 0 Å². The lowest BCUT2D eigenvalue weighted by atomic mass is 10.1. The molecule has 0 spiro atoms. The van der Waals surface area contributed by atoms with Crippen molar-refractivity contribution in [1.82, 2.24) is 14.7 Å². The number of carbonyl (C=O) groups excluding carboxylic acids is 1. The molecule has 3 aromatic rings. The van der Waals surface area contributed by atoms with Gasteiger partial charge in [0.25, 0.3) is 5.91 Å². The van der Waals surface area contributed by atoms with Crippen LogP contribution in [0, 0.1) is 0 Å². The van der Waals surface area contributed by atoms with Gasteiger partial charge in [0.05, 0.1) is 29.6 Å². The maximum absolute atomic E-state index is 12.9. The van der Waals surface area contributed by atoms with Crippen molar-refractivity contribution in [1.29, 1.82) is 0 Å². The number of nitrogens with zero attached hydrogens (tertiary/aromatic N) is 3. The molecular formula is C20H16Cl3N3O2. The van der Waals surface area contributed by atoms with Crippen LogP contribution in [0.3, 0.4) is 0 Å². The van der Waals surface area contributed by atoms with Gasteiger partial charge in [-0.1, -0.05) is 46.9 Å². The molecule has 1 fully saturated rings. The summed E-state index contributed by atoms with van der Waals surface area (Å²) in [5.41, 5.74) is 2.51. The molecule has 1 amide bonds. The Morgan fingerprint density at radius 1 is 0.929 bits per heavy atom. The van der Waals surface area contributed by atoms with E-state index in [-0.39, 0.29) is 5.91 Å². The van der Waals surface area contributed by atoms with Crippen molar-refractivity contribution in [3.05, 3.63) is 69.3 Å². The van der Waals surface area contributed by atoms with Gasteiger partial charge in [0, 0.05) is 28.7 Å². The highest BCUT2D eigenvalue weighted by Crippen LogP contribution is 2.31. The van der Waals surface area contributed by atoms with E-state index in [0.29, 0.717) is 52.8 Å².